The Morgan fingerprint density at radius 3 is 2.59 bits per heavy atom. The summed E-state index contributed by atoms with van der Waals surface area (Å²) < 4.78 is 13.0. The Morgan fingerprint density at radius 1 is 1.00 bits per heavy atom. The summed E-state index contributed by atoms with van der Waals surface area (Å²) in [4.78, 5) is 5.88. The third kappa shape index (κ3) is 4.79. The van der Waals surface area contributed by atoms with Crippen LogP contribution in [-0.4, -0.2) is 29.5 Å². The molecule has 0 aliphatic carbocycles. The minimum absolute atomic E-state index is 0. The fraction of sp³-hybridized carbons (Fsp3) is 0.304. The van der Waals surface area contributed by atoms with Crippen LogP contribution in [0, 0.1) is 5.82 Å². The summed E-state index contributed by atoms with van der Waals surface area (Å²) in [5.41, 5.74) is 5.17. The lowest BCUT2D eigenvalue weighted by Gasteiger charge is -2.26. The van der Waals surface area contributed by atoms with Gasteiger partial charge in [0.1, 0.15) is 5.82 Å². The molecular formula is C23H26ClFN2. The van der Waals surface area contributed by atoms with E-state index in [0.29, 0.717) is 0 Å². The van der Waals surface area contributed by atoms with Crippen LogP contribution >= 0.6 is 12.4 Å². The molecule has 4 heteroatoms. The van der Waals surface area contributed by atoms with E-state index in [-0.39, 0.29) is 18.2 Å². The highest BCUT2D eigenvalue weighted by Crippen LogP contribution is 2.23. The fourth-order valence-electron chi connectivity index (χ4n) is 3.83. The average molecular weight is 385 g/mol. The average Bonchev–Trinajstić information content (AvgIpc) is 3.10. The fourth-order valence-corrected chi connectivity index (χ4v) is 3.83. The van der Waals surface area contributed by atoms with Crippen LogP contribution in [0.1, 0.15) is 30.4 Å². The molecule has 2 nitrogen and oxygen atoms in total. The molecule has 0 unspecified atom stereocenters. The molecular weight excluding hydrogens is 359 g/mol. The predicted octanol–water partition coefficient (Wildman–Crippen LogP) is 5.84. The van der Waals surface area contributed by atoms with Crippen molar-refractivity contribution in [2.24, 2.45) is 0 Å². The molecule has 0 saturated heterocycles. The van der Waals surface area contributed by atoms with Crippen LogP contribution in [0.5, 0.6) is 0 Å². The first-order chi connectivity index (χ1) is 12.8. The van der Waals surface area contributed by atoms with Gasteiger partial charge >= 0.3 is 0 Å². The molecule has 1 aromatic heterocycles. The number of aryl methyl sites for hydroxylation is 1. The zero-order valence-corrected chi connectivity index (χ0v) is 16.3. The van der Waals surface area contributed by atoms with Crippen LogP contribution in [0.3, 0.4) is 0 Å². The highest BCUT2D eigenvalue weighted by atomic mass is 35.5. The number of aromatic amines is 1. The van der Waals surface area contributed by atoms with E-state index >= 15 is 0 Å². The highest BCUT2D eigenvalue weighted by molar-refractivity contribution is 5.85. The van der Waals surface area contributed by atoms with Crippen LogP contribution in [-0.2, 0) is 6.42 Å². The molecule has 0 spiro atoms. The molecule has 1 aliphatic rings. The van der Waals surface area contributed by atoms with E-state index in [1.54, 1.807) is 12.1 Å². The lowest BCUT2D eigenvalue weighted by atomic mass is 9.99. The number of unbranched alkanes of at least 4 members (excludes halogenated alkanes) is 1. The first-order valence-corrected chi connectivity index (χ1v) is 9.52. The maximum atomic E-state index is 13.0. The van der Waals surface area contributed by atoms with Gasteiger partial charge < -0.3 is 4.98 Å². The van der Waals surface area contributed by atoms with E-state index in [1.165, 1.54) is 34.9 Å². The number of nitrogens with one attached hydrogen (secondary N) is 1. The van der Waals surface area contributed by atoms with Crippen LogP contribution in [0.4, 0.5) is 4.39 Å². The largest absolute Gasteiger partial charge is 0.361 e. The predicted molar refractivity (Wildman–Crippen MR) is 114 cm³/mol. The van der Waals surface area contributed by atoms with Gasteiger partial charge in [0, 0.05) is 30.2 Å². The molecule has 1 aliphatic heterocycles. The van der Waals surface area contributed by atoms with E-state index < -0.39 is 0 Å². The lowest BCUT2D eigenvalue weighted by molar-refractivity contribution is 0.295. The van der Waals surface area contributed by atoms with Gasteiger partial charge in [-0.05, 0) is 67.1 Å². The van der Waals surface area contributed by atoms with Crippen molar-refractivity contribution in [3.05, 3.63) is 77.7 Å². The number of hydrogen-bond acceptors (Lipinski definition) is 1. The van der Waals surface area contributed by atoms with Gasteiger partial charge in [-0.25, -0.2) is 4.39 Å². The summed E-state index contributed by atoms with van der Waals surface area (Å²) in [6, 6.07) is 15.4. The topological polar surface area (TPSA) is 19.0 Å². The molecule has 0 saturated carbocycles. The molecule has 1 N–H and O–H groups in total. The van der Waals surface area contributed by atoms with Crippen LogP contribution in [0.2, 0.25) is 0 Å². The molecule has 2 heterocycles. The minimum Gasteiger partial charge on any atom is -0.361 e. The SMILES string of the molecule is Cl.Fc1ccc(C2=CCN(CCCCc3c[nH]c4ccccc34)CC2)cc1. The van der Waals surface area contributed by atoms with E-state index in [9.17, 15) is 4.39 Å². The number of para-hydroxylation sites is 1. The number of rotatable bonds is 6. The Balaban J connectivity index is 0.00000210. The number of halogens is 2. The number of fused-ring (bicyclic) bond motifs is 1. The quantitative estimate of drug-likeness (QED) is 0.529. The first-order valence-electron chi connectivity index (χ1n) is 9.52. The minimum atomic E-state index is -0.165. The summed E-state index contributed by atoms with van der Waals surface area (Å²) in [5.74, 6) is -0.165. The molecule has 0 amide bonds. The maximum absolute atomic E-state index is 13.0. The van der Waals surface area contributed by atoms with Crippen LogP contribution in [0.15, 0.2) is 60.8 Å². The van der Waals surface area contributed by atoms with Gasteiger partial charge in [0.2, 0.25) is 0 Å². The number of hydrogen-bond donors (Lipinski definition) is 1. The summed E-state index contributed by atoms with van der Waals surface area (Å²) in [5, 5.41) is 1.36. The molecule has 142 valence electrons. The smallest absolute Gasteiger partial charge is 0.123 e. The zero-order valence-electron chi connectivity index (χ0n) is 15.5. The van der Waals surface area contributed by atoms with Crippen molar-refractivity contribution in [3.8, 4) is 0 Å². The molecule has 0 fully saturated rings. The van der Waals surface area contributed by atoms with Crippen LogP contribution in [0.25, 0.3) is 16.5 Å². The van der Waals surface area contributed by atoms with Crippen molar-refractivity contribution < 1.29 is 4.39 Å². The number of H-pyrrole nitrogens is 1. The zero-order chi connectivity index (χ0) is 17.8. The Kier molecular flexibility index (Phi) is 6.70. The summed E-state index contributed by atoms with van der Waals surface area (Å²) in [7, 11) is 0. The monoisotopic (exact) mass is 384 g/mol. The number of aromatic nitrogens is 1. The second kappa shape index (κ2) is 9.20. The molecule has 3 aromatic rings. The van der Waals surface area contributed by atoms with E-state index in [2.05, 4.69) is 46.4 Å². The molecule has 27 heavy (non-hydrogen) atoms. The van der Waals surface area contributed by atoms with Gasteiger partial charge in [-0.2, -0.15) is 0 Å². The van der Waals surface area contributed by atoms with Crippen molar-refractivity contribution in [3.63, 3.8) is 0 Å². The molecule has 0 radical (unpaired) electrons. The Labute approximate surface area is 166 Å². The molecule has 0 bridgehead atoms. The molecule has 4 rings (SSSR count). The van der Waals surface area contributed by atoms with Crippen molar-refractivity contribution in [1.82, 2.24) is 9.88 Å². The molecule has 2 aromatic carbocycles. The second-order valence-electron chi connectivity index (χ2n) is 7.10. The highest BCUT2D eigenvalue weighted by Gasteiger charge is 2.12. The third-order valence-corrected chi connectivity index (χ3v) is 5.35. The standard InChI is InChI=1S/C23H25FN2.ClH/c24-21-10-8-18(9-11-21)19-12-15-26(16-13-19)14-4-3-5-20-17-25-23-7-2-1-6-22(20)23;/h1-2,6-12,17,25H,3-5,13-16H2;1H. The number of nitrogens with zero attached hydrogens (tertiary/aromatic N) is 1. The van der Waals surface area contributed by atoms with Gasteiger partial charge in [-0.3, -0.25) is 4.90 Å². The maximum Gasteiger partial charge on any atom is 0.123 e. The van der Waals surface area contributed by atoms with Gasteiger partial charge in [0.15, 0.2) is 0 Å². The summed E-state index contributed by atoms with van der Waals surface area (Å²) in [6.07, 6.45) is 9.08. The van der Waals surface area contributed by atoms with Crippen molar-refractivity contribution in [2.75, 3.05) is 19.6 Å². The Bertz CT molecular complexity index is 898. The Hall–Kier alpha value is -2.10. The van der Waals surface area contributed by atoms with Crippen LogP contribution < -0.4 is 0 Å². The van der Waals surface area contributed by atoms with E-state index in [0.717, 1.165) is 38.0 Å². The summed E-state index contributed by atoms with van der Waals surface area (Å²) in [6.45, 7) is 3.24. The van der Waals surface area contributed by atoms with E-state index in [4.69, 9.17) is 0 Å². The van der Waals surface area contributed by atoms with Crippen molar-refractivity contribution in [2.45, 2.75) is 25.7 Å². The molecule has 0 atom stereocenters. The van der Waals surface area contributed by atoms with Gasteiger partial charge in [0.25, 0.3) is 0 Å². The Morgan fingerprint density at radius 2 is 1.81 bits per heavy atom. The lowest BCUT2D eigenvalue weighted by Crippen LogP contribution is -2.29. The normalized spacial score (nSPS) is 14.8. The third-order valence-electron chi connectivity index (χ3n) is 5.35. The van der Waals surface area contributed by atoms with Crippen molar-refractivity contribution in [1.29, 1.82) is 0 Å². The number of benzene rings is 2. The van der Waals surface area contributed by atoms with Gasteiger partial charge in [0.05, 0.1) is 0 Å². The van der Waals surface area contributed by atoms with Crippen molar-refractivity contribution >= 4 is 28.9 Å². The first kappa shape index (κ1) is 19.7. The van der Waals surface area contributed by atoms with Gasteiger partial charge in [-0.15, -0.1) is 12.4 Å². The second-order valence-corrected chi connectivity index (χ2v) is 7.10. The summed E-state index contributed by atoms with van der Waals surface area (Å²) >= 11 is 0. The van der Waals surface area contributed by atoms with E-state index in [1.807, 2.05) is 12.1 Å². The van der Waals surface area contributed by atoms with Gasteiger partial charge in [-0.1, -0.05) is 36.4 Å².